The van der Waals surface area contributed by atoms with Crippen molar-refractivity contribution in [2.45, 2.75) is 59.0 Å². The van der Waals surface area contributed by atoms with Gasteiger partial charge in [-0.05, 0) is 32.0 Å². The van der Waals surface area contributed by atoms with Crippen LogP contribution in [0.15, 0.2) is 27.8 Å². The van der Waals surface area contributed by atoms with E-state index in [1.54, 1.807) is 18.0 Å². The van der Waals surface area contributed by atoms with E-state index in [0.29, 0.717) is 19.4 Å². The lowest BCUT2D eigenvalue weighted by Crippen LogP contribution is -2.45. The van der Waals surface area contributed by atoms with Crippen molar-refractivity contribution in [3.63, 3.8) is 0 Å². The van der Waals surface area contributed by atoms with Crippen molar-refractivity contribution in [1.29, 1.82) is 0 Å². The number of amides is 1. The second-order valence-corrected chi connectivity index (χ2v) is 8.53. The number of benzene rings is 1. The molecule has 10 heteroatoms. The molecule has 0 aliphatic heterocycles. The first-order valence-corrected chi connectivity index (χ1v) is 11.6. The van der Waals surface area contributed by atoms with Gasteiger partial charge in [0.15, 0.2) is 5.69 Å². The SMILES string of the molecule is CCCCCN(C(=O)CN(C)Cc1c(F)cccc1Cl)c1c(N)n(CCCC)c(=O)[nH]c1=O. The number of nitrogens with one attached hydrogen (secondary N) is 1. The average Bonchev–Trinajstić information content (AvgIpc) is 2.75. The summed E-state index contributed by atoms with van der Waals surface area (Å²) in [5, 5.41) is 0.276. The highest BCUT2D eigenvalue weighted by molar-refractivity contribution is 6.31. The van der Waals surface area contributed by atoms with Crippen LogP contribution < -0.4 is 21.9 Å². The van der Waals surface area contributed by atoms with Crippen LogP contribution in [0.3, 0.4) is 0 Å². The Morgan fingerprint density at radius 2 is 1.88 bits per heavy atom. The first kappa shape index (κ1) is 26.6. The van der Waals surface area contributed by atoms with E-state index in [1.165, 1.54) is 21.6 Å². The Hall–Kier alpha value is -2.65. The summed E-state index contributed by atoms with van der Waals surface area (Å²) < 4.78 is 15.5. The highest BCUT2D eigenvalue weighted by atomic mass is 35.5. The zero-order valence-electron chi connectivity index (χ0n) is 19.5. The minimum atomic E-state index is -0.699. The van der Waals surface area contributed by atoms with Crippen molar-refractivity contribution in [2.75, 3.05) is 30.8 Å². The molecular weight excluding hydrogens is 449 g/mol. The maximum Gasteiger partial charge on any atom is 0.330 e. The summed E-state index contributed by atoms with van der Waals surface area (Å²) in [5.74, 6) is -0.855. The first-order chi connectivity index (χ1) is 15.7. The van der Waals surface area contributed by atoms with Crippen LogP contribution in [0.2, 0.25) is 5.02 Å². The molecule has 0 bridgehead atoms. The van der Waals surface area contributed by atoms with Crippen LogP contribution in [-0.2, 0) is 17.9 Å². The normalized spacial score (nSPS) is 11.2. The van der Waals surface area contributed by atoms with E-state index in [0.717, 1.165) is 19.3 Å². The molecule has 1 aromatic carbocycles. The number of nitrogen functional groups attached to an aromatic ring is 1. The lowest BCUT2D eigenvalue weighted by molar-refractivity contribution is -0.119. The van der Waals surface area contributed by atoms with Crippen molar-refractivity contribution >= 4 is 29.0 Å². The third-order valence-electron chi connectivity index (χ3n) is 5.40. The molecule has 33 heavy (non-hydrogen) atoms. The molecule has 182 valence electrons. The molecule has 0 atom stereocenters. The molecule has 3 N–H and O–H groups in total. The van der Waals surface area contributed by atoms with E-state index < -0.39 is 17.1 Å². The number of hydrogen-bond donors (Lipinski definition) is 2. The molecule has 2 aromatic rings. The molecule has 8 nitrogen and oxygen atoms in total. The number of carbonyl (C=O) groups is 1. The number of carbonyl (C=O) groups excluding carboxylic acids is 1. The summed E-state index contributed by atoms with van der Waals surface area (Å²) in [4.78, 5) is 43.5. The first-order valence-electron chi connectivity index (χ1n) is 11.3. The van der Waals surface area contributed by atoms with Crippen LogP contribution >= 0.6 is 11.6 Å². The van der Waals surface area contributed by atoms with Gasteiger partial charge >= 0.3 is 5.69 Å². The Kier molecular flexibility index (Phi) is 10.1. The van der Waals surface area contributed by atoms with E-state index in [9.17, 15) is 18.8 Å². The molecule has 0 aliphatic carbocycles. The summed E-state index contributed by atoms with van der Waals surface area (Å²) in [5.41, 5.74) is 5.20. The quantitative estimate of drug-likeness (QED) is 0.452. The number of rotatable bonds is 12. The summed E-state index contributed by atoms with van der Waals surface area (Å²) in [6.45, 7) is 4.65. The fourth-order valence-corrected chi connectivity index (χ4v) is 3.81. The van der Waals surface area contributed by atoms with Crippen molar-refractivity contribution in [1.82, 2.24) is 14.5 Å². The second kappa shape index (κ2) is 12.6. The summed E-state index contributed by atoms with van der Waals surface area (Å²) in [6, 6.07) is 4.42. The number of H-pyrrole nitrogens is 1. The van der Waals surface area contributed by atoms with Gasteiger partial charge in [-0.3, -0.25) is 24.0 Å². The number of unbranched alkanes of at least 4 members (excludes halogenated alkanes) is 3. The molecule has 0 saturated carbocycles. The van der Waals surface area contributed by atoms with Gasteiger partial charge in [0.25, 0.3) is 5.56 Å². The monoisotopic (exact) mass is 481 g/mol. The third-order valence-corrected chi connectivity index (χ3v) is 5.75. The number of nitrogens with two attached hydrogens (primary N) is 1. The predicted octanol–water partition coefficient (Wildman–Crippen LogP) is 3.37. The second-order valence-electron chi connectivity index (χ2n) is 8.12. The maximum atomic E-state index is 14.2. The van der Waals surface area contributed by atoms with Gasteiger partial charge in [-0.2, -0.15) is 0 Å². The topological polar surface area (TPSA) is 104 Å². The van der Waals surface area contributed by atoms with E-state index >= 15 is 0 Å². The predicted molar refractivity (Wildman–Crippen MR) is 130 cm³/mol. The minimum absolute atomic E-state index is 0.0240. The lowest BCUT2D eigenvalue weighted by Gasteiger charge is -2.27. The number of aromatic amines is 1. The molecule has 0 spiro atoms. The van der Waals surface area contributed by atoms with Crippen molar-refractivity contribution in [3.8, 4) is 0 Å². The summed E-state index contributed by atoms with van der Waals surface area (Å²) >= 11 is 6.11. The number of likely N-dealkylation sites (N-methyl/N-ethyl adjacent to an activating group) is 1. The van der Waals surface area contributed by atoms with Gasteiger partial charge in [-0.15, -0.1) is 0 Å². The fourth-order valence-electron chi connectivity index (χ4n) is 3.58. The van der Waals surface area contributed by atoms with E-state index in [-0.39, 0.29) is 47.6 Å². The van der Waals surface area contributed by atoms with Gasteiger partial charge in [0.1, 0.15) is 11.6 Å². The largest absolute Gasteiger partial charge is 0.383 e. The van der Waals surface area contributed by atoms with Gasteiger partial charge in [0, 0.05) is 30.2 Å². The van der Waals surface area contributed by atoms with Gasteiger partial charge in [0.05, 0.1) is 6.54 Å². The Labute approximate surface area is 198 Å². The highest BCUT2D eigenvalue weighted by Gasteiger charge is 2.25. The number of aromatic nitrogens is 2. The van der Waals surface area contributed by atoms with E-state index in [1.807, 2.05) is 13.8 Å². The number of halogens is 2. The zero-order valence-corrected chi connectivity index (χ0v) is 20.3. The number of nitrogens with zero attached hydrogens (tertiary/aromatic N) is 3. The molecular formula is C23H33ClFN5O3. The van der Waals surface area contributed by atoms with Crippen LogP contribution in [0.25, 0.3) is 0 Å². The molecule has 0 saturated heterocycles. The maximum absolute atomic E-state index is 14.2. The van der Waals surface area contributed by atoms with Crippen LogP contribution in [0.1, 0.15) is 51.5 Å². The summed E-state index contributed by atoms with van der Waals surface area (Å²) in [6.07, 6.45) is 3.99. The molecule has 0 aliphatic rings. The molecule has 0 radical (unpaired) electrons. The Morgan fingerprint density at radius 3 is 2.52 bits per heavy atom. The van der Waals surface area contributed by atoms with Crippen LogP contribution in [0, 0.1) is 5.82 Å². The minimum Gasteiger partial charge on any atom is -0.383 e. The van der Waals surface area contributed by atoms with E-state index in [4.69, 9.17) is 17.3 Å². The highest BCUT2D eigenvalue weighted by Crippen LogP contribution is 2.22. The van der Waals surface area contributed by atoms with Gasteiger partial charge < -0.3 is 10.6 Å². The zero-order chi connectivity index (χ0) is 24.5. The number of anilines is 2. The molecule has 2 rings (SSSR count). The van der Waals surface area contributed by atoms with Crippen LogP contribution in [0.4, 0.5) is 15.9 Å². The molecule has 1 heterocycles. The van der Waals surface area contributed by atoms with Crippen molar-refractivity contribution < 1.29 is 9.18 Å². The standard InChI is InChI=1S/C23H33ClFN5O3/c1-4-6-8-13-29(20-21(26)30(12-7-5-2)23(33)27-22(20)32)19(31)15-28(3)14-16-17(24)10-9-11-18(16)25/h9-11H,4-8,12-15,26H2,1-3H3,(H,27,32,33). The van der Waals surface area contributed by atoms with Crippen molar-refractivity contribution in [2.24, 2.45) is 0 Å². The molecule has 1 aromatic heterocycles. The third kappa shape index (κ3) is 6.91. The van der Waals surface area contributed by atoms with Gasteiger partial charge in [-0.1, -0.05) is 50.8 Å². The Balaban J connectivity index is 2.35. The van der Waals surface area contributed by atoms with E-state index in [2.05, 4.69) is 4.98 Å². The van der Waals surface area contributed by atoms with Gasteiger partial charge in [0.2, 0.25) is 5.91 Å². The Bertz CT molecular complexity index is 1050. The Morgan fingerprint density at radius 1 is 1.18 bits per heavy atom. The molecule has 0 fully saturated rings. The van der Waals surface area contributed by atoms with Crippen LogP contribution in [-0.4, -0.2) is 40.5 Å². The van der Waals surface area contributed by atoms with Crippen molar-refractivity contribution in [3.05, 3.63) is 55.4 Å². The number of hydrogen-bond acceptors (Lipinski definition) is 5. The molecule has 1 amide bonds. The van der Waals surface area contributed by atoms with Crippen LogP contribution in [0.5, 0.6) is 0 Å². The lowest BCUT2D eigenvalue weighted by atomic mass is 10.2. The average molecular weight is 482 g/mol. The smallest absolute Gasteiger partial charge is 0.330 e. The summed E-state index contributed by atoms with van der Waals surface area (Å²) in [7, 11) is 1.67. The molecule has 0 unspecified atom stereocenters. The van der Waals surface area contributed by atoms with Gasteiger partial charge in [-0.25, -0.2) is 9.18 Å². The fraction of sp³-hybridized carbons (Fsp3) is 0.522.